The number of nitrogens with one attached hydrogen (secondary N) is 2. The van der Waals surface area contributed by atoms with Crippen LogP contribution in [-0.2, 0) is 0 Å². The van der Waals surface area contributed by atoms with Crippen LogP contribution in [0.15, 0.2) is 72.8 Å². The molecule has 2 amide bonds. The first-order valence-corrected chi connectivity index (χ1v) is 9.38. The predicted octanol–water partition coefficient (Wildman–Crippen LogP) is 4.65. The van der Waals surface area contributed by atoms with Gasteiger partial charge in [-0.05, 0) is 43.7 Å². The molecule has 3 rings (SSSR count). The van der Waals surface area contributed by atoms with Crippen LogP contribution in [0.25, 0.3) is 0 Å². The van der Waals surface area contributed by atoms with Crippen molar-refractivity contribution in [1.82, 2.24) is 5.32 Å². The number of hydrogen-bond acceptors (Lipinski definition) is 4. The summed E-state index contributed by atoms with van der Waals surface area (Å²) < 4.78 is 0. The molecule has 0 bridgehead atoms. The molecule has 0 radical (unpaired) electrons. The molecule has 3 aromatic carbocycles. The van der Waals surface area contributed by atoms with Crippen LogP contribution in [-0.4, -0.2) is 16.7 Å². The fraction of sp³-hybridized carbons (Fsp3) is 0.130. The molecule has 0 unspecified atom stereocenters. The topological polar surface area (TPSA) is 101 Å². The molecule has 0 spiro atoms. The highest BCUT2D eigenvalue weighted by Crippen LogP contribution is 2.22. The van der Waals surface area contributed by atoms with Crippen molar-refractivity contribution in [3.05, 3.63) is 105 Å². The van der Waals surface area contributed by atoms with Crippen molar-refractivity contribution in [2.75, 3.05) is 5.32 Å². The molecular formula is C23H21N3O4. The van der Waals surface area contributed by atoms with E-state index in [4.69, 9.17) is 0 Å². The first-order chi connectivity index (χ1) is 14.4. The van der Waals surface area contributed by atoms with Gasteiger partial charge < -0.3 is 10.6 Å². The highest BCUT2D eigenvalue weighted by molar-refractivity contribution is 6.09. The lowest BCUT2D eigenvalue weighted by molar-refractivity contribution is -0.385. The summed E-state index contributed by atoms with van der Waals surface area (Å²) in [6.07, 6.45) is 0. The van der Waals surface area contributed by atoms with E-state index in [2.05, 4.69) is 10.6 Å². The van der Waals surface area contributed by atoms with Crippen molar-refractivity contribution >= 4 is 23.2 Å². The zero-order chi connectivity index (χ0) is 21.7. The molecular weight excluding hydrogens is 382 g/mol. The van der Waals surface area contributed by atoms with Crippen LogP contribution in [0.1, 0.15) is 44.8 Å². The Hall–Kier alpha value is -4.00. The number of para-hydroxylation sites is 1. The van der Waals surface area contributed by atoms with Crippen molar-refractivity contribution in [3.63, 3.8) is 0 Å². The Morgan fingerprint density at radius 2 is 1.60 bits per heavy atom. The van der Waals surface area contributed by atoms with E-state index in [0.29, 0.717) is 16.8 Å². The number of aryl methyl sites for hydroxylation is 1. The van der Waals surface area contributed by atoms with Gasteiger partial charge in [0, 0.05) is 17.2 Å². The van der Waals surface area contributed by atoms with Gasteiger partial charge in [0.05, 0.1) is 22.2 Å². The second kappa shape index (κ2) is 9.00. The Balaban J connectivity index is 1.78. The van der Waals surface area contributed by atoms with Gasteiger partial charge in [-0.15, -0.1) is 0 Å². The number of carbonyl (C=O) groups is 2. The van der Waals surface area contributed by atoms with Gasteiger partial charge in [0.15, 0.2) is 0 Å². The summed E-state index contributed by atoms with van der Waals surface area (Å²) in [5.41, 5.74) is 2.25. The summed E-state index contributed by atoms with van der Waals surface area (Å²) in [5.74, 6) is -0.772. The van der Waals surface area contributed by atoms with E-state index >= 15 is 0 Å². The second-order valence-corrected chi connectivity index (χ2v) is 6.86. The maximum atomic E-state index is 12.8. The van der Waals surface area contributed by atoms with Crippen LogP contribution in [0.4, 0.5) is 11.4 Å². The van der Waals surface area contributed by atoms with Crippen molar-refractivity contribution in [2.45, 2.75) is 19.9 Å². The van der Waals surface area contributed by atoms with Crippen LogP contribution >= 0.6 is 0 Å². The van der Waals surface area contributed by atoms with E-state index in [0.717, 1.165) is 5.56 Å². The smallest absolute Gasteiger partial charge is 0.272 e. The van der Waals surface area contributed by atoms with E-state index in [9.17, 15) is 19.7 Å². The Morgan fingerprint density at radius 3 is 2.27 bits per heavy atom. The van der Waals surface area contributed by atoms with Crippen LogP contribution in [0.2, 0.25) is 0 Å². The molecule has 0 heterocycles. The highest BCUT2D eigenvalue weighted by atomic mass is 16.6. The van der Waals surface area contributed by atoms with Crippen LogP contribution in [0.3, 0.4) is 0 Å². The van der Waals surface area contributed by atoms with Crippen molar-refractivity contribution < 1.29 is 14.5 Å². The largest absolute Gasteiger partial charge is 0.345 e. The Labute approximate surface area is 173 Å². The van der Waals surface area contributed by atoms with Gasteiger partial charge in [0.25, 0.3) is 17.5 Å². The zero-order valence-electron chi connectivity index (χ0n) is 16.6. The number of hydrogen-bond donors (Lipinski definition) is 2. The van der Waals surface area contributed by atoms with E-state index in [1.807, 2.05) is 37.3 Å². The first-order valence-electron chi connectivity index (χ1n) is 9.38. The number of nitrogens with zero attached hydrogens (tertiary/aromatic N) is 1. The third-order valence-electron chi connectivity index (χ3n) is 4.72. The summed E-state index contributed by atoms with van der Waals surface area (Å²) in [4.78, 5) is 35.9. The van der Waals surface area contributed by atoms with Crippen molar-refractivity contribution in [3.8, 4) is 0 Å². The van der Waals surface area contributed by atoms with Gasteiger partial charge >= 0.3 is 0 Å². The fourth-order valence-electron chi connectivity index (χ4n) is 3.09. The molecule has 1 atom stereocenters. The molecule has 0 saturated carbocycles. The number of amides is 2. The monoisotopic (exact) mass is 403 g/mol. The molecule has 0 aliphatic rings. The normalized spacial score (nSPS) is 11.4. The lowest BCUT2D eigenvalue weighted by Crippen LogP contribution is -2.28. The van der Waals surface area contributed by atoms with Gasteiger partial charge in [-0.2, -0.15) is 0 Å². The number of carbonyl (C=O) groups excluding carboxylic acids is 2. The van der Waals surface area contributed by atoms with E-state index < -0.39 is 10.8 Å². The summed E-state index contributed by atoms with van der Waals surface area (Å²) in [6, 6.07) is 20.2. The molecule has 2 N–H and O–H groups in total. The maximum absolute atomic E-state index is 12.8. The van der Waals surface area contributed by atoms with Crippen molar-refractivity contribution in [2.24, 2.45) is 0 Å². The van der Waals surface area contributed by atoms with Gasteiger partial charge in [0.1, 0.15) is 0 Å². The first kappa shape index (κ1) is 20.7. The third-order valence-corrected chi connectivity index (χ3v) is 4.72. The van der Waals surface area contributed by atoms with E-state index in [1.54, 1.807) is 31.2 Å². The minimum atomic E-state index is -0.495. The molecule has 0 aliphatic heterocycles. The van der Waals surface area contributed by atoms with Crippen LogP contribution in [0, 0.1) is 17.0 Å². The van der Waals surface area contributed by atoms with E-state index in [-0.39, 0.29) is 23.2 Å². The lowest BCUT2D eigenvalue weighted by Gasteiger charge is -2.16. The predicted molar refractivity (Wildman–Crippen MR) is 115 cm³/mol. The summed E-state index contributed by atoms with van der Waals surface area (Å²) in [6.45, 7) is 3.45. The molecule has 152 valence electrons. The molecule has 7 nitrogen and oxygen atoms in total. The van der Waals surface area contributed by atoms with E-state index in [1.165, 1.54) is 18.2 Å². The number of benzene rings is 3. The molecule has 0 fully saturated rings. The Morgan fingerprint density at radius 1 is 0.933 bits per heavy atom. The van der Waals surface area contributed by atoms with Gasteiger partial charge in [0.2, 0.25) is 0 Å². The number of nitro benzene ring substituents is 1. The lowest BCUT2D eigenvalue weighted by atomic mass is 10.1. The van der Waals surface area contributed by atoms with Gasteiger partial charge in [-0.25, -0.2) is 0 Å². The standard InChI is InChI=1S/C23H21N3O4/c1-15-14-18(12-13-21(15)26(29)30)22(27)25-20-11-7-6-10-19(20)23(28)24-16(2)17-8-4-3-5-9-17/h3-14,16H,1-2H3,(H,24,28)(H,25,27)/t16-/m1/s1. The summed E-state index contributed by atoms with van der Waals surface area (Å²) in [7, 11) is 0. The number of rotatable bonds is 6. The number of nitro groups is 1. The SMILES string of the molecule is Cc1cc(C(=O)Nc2ccccc2C(=O)N[C@H](C)c2ccccc2)ccc1[N+](=O)[O-]. The number of anilines is 1. The average Bonchev–Trinajstić information content (AvgIpc) is 2.74. The molecule has 7 heteroatoms. The minimum Gasteiger partial charge on any atom is -0.345 e. The fourth-order valence-corrected chi connectivity index (χ4v) is 3.09. The Bertz CT molecular complexity index is 1100. The third kappa shape index (κ3) is 4.70. The zero-order valence-corrected chi connectivity index (χ0v) is 16.6. The minimum absolute atomic E-state index is 0.0544. The summed E-state index contributed by atoms with van der Waals surface area (Å²) >= 11 is 0. The maximum Gasteiger partial charge on any atom is 0.272 e. The quantitative estimate of drug-likeness (QED) is 0.462. The molecule has 0 saturated heterocycles. The van der Waals surface area contributed by atoms with Crippen LogP contribution < -0.4 is 10.6 Å². The molecule has 0 aromatic heterocycles. The molecule has 30 heavy (non-hydrogen) atoms. The van der Waals surface area contributed by atoms with Gasteiger partial charge in [-0.1, -0.05) is 42.5 Å². The second-order valence-electron chi connectivity index (χ2n) is 6.86. The van der Waals surface area contributed by atoms with Crippen molar-refractivity contribution in [1.29, 1.82) is 0 Å². The van der Waals surface area contributed by atoms with Crippen LogP contribution in [0.5, 0.6) is 0 Å². The highest BCUT2D eigenvalue weighted by Gasteiger charge is 2.18. The molecule has 0 aliphatic carbocycles. The average molecular weight is 403 g/mol. The molecule has 3 aromatic rings. The summed E-state index contributed by atoms with van der Waals surface area (Å²) in [5, 5.41) is 16.6. The Kier molecular flexibility index (Phi) is 6.22. The van der Waals surface area contributed by atoms with Gasteiger partial charge in [-0.3, -0.25) is 19.7 Å².